The maximum atomic E-state index is 11.4. The van der Waals surface area contributed by atoms with Gasteiger partial charge >= 0.3 is 0 Å². The number of aryl methyl sites for hydroxylation is 2. The van der Waals surface area contributed by atoms with Crippen LogP contribution in [-0.2, 0) is 12.8 Å². The molecule has 0 saturated carbocycles. The number of rotatable bonds is 11. The van der Waals surface area contributed by atoms with Crippen LogP contribution in [0, 0.1) is 20.2 Å². The van der Waals surface area contributed by atoms with Gasteiger partial charge in [0, 0.05) is 28.3 Å². The molecule has 1 aromatic rings. The molecular formula is C15H21N3O5. The first-order chi connectivity index (χ1) is 10.9. The highest BCUT2D eigenvalue weighted by Crippen LogP contribution is 2.15. The molecule has 0 heterocycles. The summed E-state index contributed by atoms with van der Waals surface area (Å²) in [7, 11) is 0. The second-order valence-electron chi connectivity index (χ2n) is 5.43. The number of carbonyl (C=O) groups excluding carboxylic acids is 1. The van der Waals surface area contributed by atoms with Crippen LogP contribution in [0.2, 0.25) is 0 Å². The number of nitro groups is 2. The summed E-state index contributed by atoms with van der Waals surface area (Å²) >= 11 is 0. The van der Waals surface area contributed by atoms with E-state index < -0.39 is 5.91 Å². The normalized spacial score (nSPS) is 10.4. The summed E-state index contributed by atoms with van der Waals surface area (Å²) in [5, 5.41) is 20.6. The lowest BCUT2D eigenvalue weighted by atomic mass is 9.98. The molecule has 0 saturated heterocycles. The van der Waals surface area contributed by atoms with E-state index >= 15 is 0 Å². The molecule has 23 heavy (non-hydrogen) atoms. The number of amides is 1. The fraction of sp³-hybridized carbons (Fsp3) is 0.533. The van der Waals surface area contributed by atoms with Gasteiger partial charge in [0.25, 0.3) is 0 Å². The molecule has 0 spiro atoms. The van der Waals surface area contributed by atoms with Gasteiger partial charge in [-0.3, -0.25) is 25.0 Å². The maximum absolute atomic E-state index is 11.4. The highest BCUT2D eigenvalue weighted by Gasteiger charge is 2.07. The van der Waals surface area contributed by atoms with Gasteiger partial charge in [-0.2, -0.15) is 0 Å². The zero-order chi connectivity index (χ0) is 17.2. The lowest BCUT2D eigenvalue weighted by Crippen LogP contribution is -2.12. The number of primary amides is 1. The molecule has 0 atom stereocenters. The molecule has 1 aromatic carbocycles. The van der Waals surface area contributed by atoms with Crippen molar-refractivity contribution in [2.45, 2.75) is 38.5 Å². The predicted octanol–water partition coefficient (Wildman–Crippen LogP) is 1.98. The van der Waals surface area contributed by atoms with Crippen LogP contribution in [0.3, 0.4) is 0 Å². The lowest BCUT2D eigenvalue weighted by Gasteiger charge is -2.08. The molecule has 8 heteroatoms. The van der Waals surface area contributed by atoms with Crippen LogP contribution in [0.4, 0.5) is 0 Å². The van der Waals surface area contributed by atoms with Crippen molar-refractivity contribution >= 4 is 5.91 Å². The molecular weight excluding hydrogens is 302 g/mol. The highest BCUT2D eigenvalue weighted by molar-refractivity contribution is 5.93. The number of hydrogen-bond acceptors (Lipinski definition) is 5. The van der Waals surface area contributed by atoms with Crippen LogP contribution < -0.4 is 5.73 Å². The monoisotopic (exact) mass is 323 g/mol. The summed E-state index contributed by atoms with van der Waals surface area (Å²) in [6.45, 7) is -0.132. The molecule has 0 unspecified atom stereocenters. The Kier molecular flexibility index (Phi) is 7.65. The van der Waals surface area contributed by atoms with Gasteiger partial charge in [0.1, 0.15) is 0 Å². The van der Waals surface area contributed by atoms with E-state index in [-0.39, 0.29) is 22.9 Å². The van der Waals surface area contributed by atoms with Crippen molar-refractivity contribution in [2.24, 2.45) is 5.73 Å². The van der Waals surface area contributed by atoms with Gasteiger partial charge in [0.05, 0.1) is 0 Å². The molecule has 0 aliphatic heterocycles. The molecule has 1 rings (SSSR count). The van der Waals surface area contributed by atoms with Gasteiger partial charge < -0.3 is 5.73 Å². The molecule has 0 radical (unpaired) electrons. The molecule has 8 nitrogen and oxygen atoms in total. The standard InChI is InChI=1S/C15H21N3O5/c16-15(19)14-10-12(5-1-3-7-17(20)21)9-13(11-14)6-2-4-8-18(22)23/h9-11H,1-8H2,(H2,16,19). The number of benzene rings is 1. The van der Waals surface area contributed by atoms with Crippen LogP contribution in [0.15, 0.2) is 18.2 Å². The second-order valence-corrected chi connectivity index (χ2v) is 5.43. The first-order valence-corrected chi connectivity index (χ1v) is 7.54. The Labute approximate surface area is 134 Å². The first kappa shape index (κ1) is 18.5. The minimum atomic E-state index is -0.524. The third-order valence-corrected chi connectivity index (χ3v) is 3.45. The average molecular weight is 323 g/mol. The SMILES string of the molecule is NC(=O)c1cc(CCCC[N+](=O)[O-])cc(CCCC[N+](=O)[O-])c1. The summed E-state index contributed by atoms with van der Waals surface area (Å²) in [4.78, 5) is 31.3. The summed E-state index contributed by atoms with van der Waals surface area (Å²) in [5.74, 6) is -0.524. The van der Waals surface area contributed by atoms with Crippen LogP contribution in [-0.4, -0.2) is 28.8 Å². The number of nitrogens with two attached hydrogens (primary N) is 1. The number of nitrogens with zero attached hydrogens (tertiary/aromatic N) is 2. The Morgan fingerprint density at radius 1 is 0.870 bits per heavy atom. The van der Waals surface area contributed by atoms with E-state index in [1.807, 2.05) is 6.07 Å². The fourth-order valence-corrected chi connectivity index (χ4v) is 2.33. The van der Waals surface area contributed by atoms with Gasteiger partial charge in [-0.1, -0.05) is 6.07 Å². The molecule has 0 aliphatic rings. The molecule has 1 amide bonds. The number of hydrogen-bond donors (Lipinski definition) is 1. The van der Waals surface area contributed by atoms with Crippen molar-refractivity contribution in [3.05, 3.63) is 55.1 Å². The largest absolute Gasteiger partial charge is 0.366 e. The van der Waals surface area contributed by atoms with E-state index in [1.165, 1.54) is 0 Å². The Balaban J connectivity index is 2.64. The van der Waals surface area contributed by atoms with Crippen molar-refractivity contribution in [3.63, 3.8) is 0 Å². The summed E-state index contributed by atoms with van der Waals surface area (Å²) in [6.07, 6.45) is 3.54. The van der Waals surface area contributed by atoms with E-state index in [4.69, 9.17) is 5.73 Å². The highest BCUT2D eigenvalue weighted by atomic mass is 16.6. The van der Waals surface area contributed by atoms with Crippen molar-refractivity contribution in [1.82, 2.24) is 0 Å². The van der Waals surface area contributed by atoms with Gasteiger partial charge in [-0.25, -0.2) is 0 Å². The fourth-order valence-electron chi connectivity index (χ4n) is 2.33. The van der Waals surface area contributed by atoms with E-state index in [1.54, 1.807) is 12.1 Å². The van der Waals surface area contributed by atoms with Crippen molar-refractivity contribution in [2.75, 3.05) is 13.1 Å². The Bertz CT molecular complexity index is 534. The van der Waals surface area contributed by atoms with Crippen molar-refractivity contribution < 1.29 is 14.6 Å². The number of carbonyl (C=O) groups is 1. The van der Waals surface area contributed by atoms with Crippen LogP contribution in [0.1, 0.15) is 47.2 Å². The molecule has 0 bridgehead atoms. The molecule has 126 valence electrons. The van der Waals surface area contributed by atoms with Crippen LogP contribution in [0.5, 0.6) is 0 Å². The van der Waals surface area contributed by atoms with Gasteiger partial charge in [0.2, 0.25) is 19.0 Å². The van der Waals surface area contributed by atoms with Gasteiger partial charge in [-0.05, 0) is 48.9 Å². The van der Waals surface area contributed by atoms with E-state index in [0.717, 1.165) is 11.1 Å². The van der Waals surface area contributed by atoms with Crippen LogP contribution >= 0.6 is 0 Å². The lowest BCUT2D eigenvalue weighted by molar-refractivity contribution is -0.480. The minimum Gasteiger partial charge on any atom is -0.366 e. The zero-order valence-electron chi connectivity index (χ0n) is 12.9. The quantitative estimate of drug-likeness (QED) is 0.378. The van der Waals surface area contributed by atoms with Crippen LogP contribution in [0.25, 0.3) is 0 Å². The third kappa shape index (κ3) is 7.89. The van der Waals surface area contributed by atoms with Gasteiger partial charge in [-0.15, -0.1) is 0 Å². The summed E-state index contributed by atoms with van der Waals surface area (Å²) in [6, 6.07) is 5.34. The summed E-state index contributed by atoms with van der Waals surface area (Å²) in [5.41, 5.74) is 7.55. The van der Waals surface area contributed by atoms with Crippen molar-refractivity contribution in [1.29, 1.82) is 0 Å². The van der Waals surface area contributed by atoms with E-state index in [9.17, 15) is 25.0 Å². The summed E-state index contributed by atoms with van der Waals surface area (Å²) < 4.78 is 0. The Hall–Kier alpha value is -2.51. The Morgan fingerprint density at radius 3 is 1.65 bits per heavy atom. The molecule has 0 fully saturated rings. The molecule has 0 aliphatic carbocycles. The predicted molar refractivity (Wildman–Crippen MR) is 84.6 cm³/mol. The smallest absolute Gasteiger partial charge is 0.248 e. The van der Waals surface area contributed by atoms with Gasteiger partial charge in [0.15, 0.2) is 0 Å². The van der Waals surface area contributed by atoms with Crippen molar-refractivity contribution in [3.8, 4) is 0 Å². The molecule has 2 N–H and O–H groups in total. The number of unbranched alkanes of at least 4 members (excludes halogenated alkanes) is 2. The maximum Gasteiger partial charge on any atom is 0.248 e. The minimum absolute atomic E-state index is 0.0662. The average Bonchev–Trinajstić information content (AvgIpc) is 2.47. The van der Waals surface area contributed by atoms with E-state index in [2.05, 4.69) is 0 Å². The molecule has 0 aromatic heterocycles. The van der Waals surface area contributed by atoms with E-state index in [0.29, 0.717) is 44.1 Å². The first-order valence-electron chi connectivity index (χ1n) is 7.54. The Morgan fingerprint density at radius 2 is 1.30 bits per heavy atom. The second kappa shape index (κ2) is 9.50. The topological polar surface area (TPSA) is 129 Å². The zero-order valence-corrected chi connectivity index (χ0v) is 12.9. The third-order valence-electron chi connectivity index (χ3n) is 3.45.